The van der Waals surface area contributed by atoms with Gasteiger partial charge in [-0.2, -0.15) is 5.26 Å². The van der Waals surface area contributed by atoms with Crippen molar-refractivity contribution < 1.29 is 0 Å². The molecule has 1 aromatic rings. The van der Waals surface area contributed by atoms with Crippen LogP contribution in [0.15, 0.2) is 11.0 Å². The summed E-state index contributed by atoms with van der Waals surface area (Å²) in [7, 11) is 0. The fourth-order valence-electron chi connectivity index (χ4n) is 0.808. The van der Waals surface area contributed by atoms with E-state index in [1.165, 1.54) is 10.8 Å². The normalized spacial score (nSPS) is 9.42. The maximum Gasteiger partial charge on any atom is 0.267 e. The fraction of sp³-hybridized carbons (Fsp3) is 0.286. The first-order valence-electron chi connectivity index (χ1n) is 3.25. The largest absolute Gasteiger partial charge is 0.282 e. The molecular weight excluding hydrogens is 269 g/mol. The standard InChI is InChI=1S/C7H6IN3O/c1-5-10-4-6(8)7(12)11(5)3-2-9/h4H,3H2,1H3. The minimum atomic E-state index is -0.148. The molecule has 0 amide bonds. The SMILES string of the molecule is Cc1ncc(I)c(=O)n1CC#N. The van der Waals surface area contributed by atoms with Crippen LogP contribution in [0.25, 0.3) is 0 Å². The molecule has 0 radical (unpaired) electrons. The van der Waals surface area contributed by atoms with E-state index in [0.717, 1.165) is 0 Å². The Morgan fingerprint density at radius 2 is 2.50 bits per heavy atom. The summed E-state index contributed by atoms with van der Waals surface area (Å²) in [6.45, 7) is 1.77. The van der Waals surface area contributed by atoms with E-state index in [0.29, 0.717) is 9.39 Å². The first-order chi connectivity index (χ1) is 5.66. The average Bonchev–Trinajstić information content (AvgIpc) is 2.06. The summed E-state index contributed by atoms with van der Waals surface area (Å²) in [6, 6.07) is 1.91. The average molecular weight is 275 g/mol. The zero-order valence-electron chi connectivity index (χ0n) is 6.41. The molecule has 12 heavy (non-hydrogen) atoms. The van der Waals surface area contributed by atoms with Crippen molar-refractivity contribution in [2.24, 2.45) is 0 Å². The molecule has 0 aromatic carbocycles. The maximum atomic E-state index is 11.3. The van der Waals surface area contributed by atoms with Gasteiger partial charge in [-0.15, -0.1) is 0 Å². The number of nitrogens with zero attached hydrogens (tertiary/aromatic N) is 3. The highest BCUT2D eigenvalue weighted by Crippen LogP contribution is 1.96. The zero-order chi connectivity index (χ0) is 9.14. The van der Waals surface area contributed by atoms with Gasteiger partial charge in [-0.05, 0) is 29.5 Å². The summed E-state index contributed by atoms with van der Waals surface area (Å²) >= 11 is 1.90. The lowest BCUT2D eigenvalue weighted by Crippen LogP contribution is -2.25. The van der Waals surface area contributed by atoms with E-state index in [4.69, 9.17) is 5.26 Å². The van der Waals surface area contributed by atoms with Gasteiger partial charge in [0.2, 0.25) is 0 Å². The van der Waals surface area contributed by atoms with Gasteiger partial charge in [0.05, 0.1) is 9.64 Å². The van der Waals surface area contributed by atoms with Gasteiger partial charge in [0.1, 0.15) is 12.4 Å². The Morgan fingerprint density at radius 1 is 1.83 bits per heavy atom. The predicted molar refractivity (Wildman–Crippen MR) is 51.6 cm³/mol. The summed E-state index contributed by atoms with van der Waals surface area (Å²) in [5, 5.41) is 8.42. The Morgan fingerprint density at radius 3 is 3.08 bits per heavy atom. The van der Waals surface area contributed by atoms with Crippen molar-refractivity contribution in [2.45, 2.75) is 13.5 Å². The summed E-state index contributed by atoms with van der Waals surface area (Å²) < 4.78 is 1.88. The van der Waals surface area contributed by atoms with E-state index in [1.807, 2.05) is 28.7 Å². The van der Waals surface area contributed by atoms with Gasteiger partial charge in [-0.25, -0.2) is 4.98 Å². The first-order valence-corrected chi connectivity index (χ1v) is 4.33. The molecule has 4 nitrogen and oxygen atoms in total. The van der Waals surface area contributed by atoms with E-state index >= 15 is 0 Å². The van der Waals surface area contributed by atoms with Crippen LogP contribution in [0.5, 0.6) is 0 Å². The van der Waals surface area contributed by atoms with Crippen molar-refractivity contribution in [3.05, 3.63) is 25.9 Å². The lowest BCUT2D eigenvalue weighted by atomic mass is 10.5. The quantitative estimate of drug-likeness (QED) is 0.708. The molecule has 62 valence electrons. The van der Waals surface area contributed by atoms with Gasteiger partial charge in [0.25, 0.3) is 5.56 Å². The Balaban J connectivity index is 3.35. The van der Waals surface area contributed by atoms with E-state index in [-0.39, 0.29) is 12.1 Å². The van der Waals surface area contributed by atoms with Crippen molar-refractivity contribution in [1.82, 2.24) is 9.55 Å². The van der Waals surface area contributed by atoms with E-state index in [9.17, 15) is 4.79 Å². The number of aromatic nitrogens is 2. The van der Waals surface area contributed by atoms with Gasteiger partial charge in [0, 0.05) is 6.20 Å². The summed E-state index contributed by atoms with van der Waals surface area (Å²) in [4.78, 5) is 15.3. The van der Waals surface area contributed by atoms with Gasteiger partial charge in [0.15, 0.2) is 0 Å². The fourth-order valence-corrected chi connectivity index (χ4v) is 1.24. The van der Waals surface area contributed by atoms with Crippen LogP contribution in [0.2, 0.25) is 0 Å². The molecular formula is C7H6IN3O. The maximum absolute atomic E-state index is 11.3. The molecule has 0 atom stereocenters. The van der Waals surface area contributed by atoms with Crippen molar-refractivity contribution in [1.29, 1.82) is 5.26 Å². The molecule has 0 saturated carbocycles. The smallest absolute Gasteiger partial charge is 0.267 e. The van der Waals surface area contributed by atoms with Crippen LogP contribution in [0, 0.1) is 21.8 Å². The van der Waals surface area contributed by atoms with Crippen molar-refractivity contribution in [3.8, 4) is 6.07 Å². The molecule has 0 aliphatic carbocycles. The first kappa shape index (κ1) is 9.19. The number of hydrogen-bond acceptors (Lipinski definition) is 3. The number of aryl methyl sites for hydroxylation is 1. The van der Waals surface area contributed by atoms with E-state index in [1.54, 1.807) is 6.92 Å². The van der Waals surface area contributed by atoms with Gasteiger partial charge in [-0.1, -0.05) is 0 Å². The summed E-state index contributed by atoms with van der Waals surface area (Å²) in [5.74, 6) is 0.571. The molecule has 0 spiro atoms. The molecule has 0 bridgehead atoms. The van der Waals surface area contributed by atoms with Gasteiger partial charge < -0.3 is 0 Å². The number of hydrogen-bond donors (Lipinski definition) is 0. The highest BCUT2D eigenvalue weighted by Gasteiger charge is 2.03. The molecule has 5 heteroatoms. The van der Waals surface area contributed by atoms with Crippen molar-refractivity contribution in [2.75, 3.05) is 0 Å². The molecule has 0 aliphatic rings. The Labute approximate surface area is 83.0 Å². The van der Waals surface area contributed by atoms with E-state index in [2.05, 4.69) is 4.98 Å². The Bertz CT molecular complexity index is 391. The van der Waals surface area contributed by atoms with Crippen LogP contribution in [-0.2, 0) is 6.54 Å². The third kappa shape index (κ3) is 1.64. The monoisotopic (exact) mass is 275 g/mol. The van der Waals surface area contributed by atoms with Crippen LogP contribution in [0.1, 0.15) is 5.82 Å². The molecule has 1 rings (SSSR count). The third-order valence-corrected chi connectivity index (χ3v) is 2.17. The van der Waals surface area contributed by atoms with Crippen LogP contribution in [-0.4, -0.2) is 9.55 Å². The topological polar surface area (TPSA) is 58.7 Å². The van der Waals surface area contributed by atoms with Gasteiger partial charge in [-0.3, -0.25) is 9.36 Å². The molecule has 0 saturated heterocycles. The van der Waals surface area contributed by atoms with Crippen LogP contribution >= 0.6 is 22.6 Å². The van der Waals surface area contributed by atoms with E-state index < -0.39 is 0 Å². The van der Waals surface area contributed by atoms with Crippen LogP contribution in [0.4, 0.5) is 0 Å². The highest BCUT2D eigenvalue weighted by molar-refractivity contribution is 14.1. The highest BCUT2D eigenvalue weighted by atomic mass is 127. The lowest BCUT2D eigenvalue weighted by molar-refractivity contribution is 0.716. The predicted octanol–water partition coefficient (Wildman–Crippen LogP) is 0.680. The molecule has 0 unspecified atom stereocenters. The third-order valence-electron chi connectivity index (χ3n) is 1.43. The second kappa shape index (κ2) is 3.67. The number of nitriles is 1. The molecule has 0 N–H and O–H groups in total. The summed E-state index contributed by atoms with van der Waals surface area (Å²) in [5.41, 5.74) is -0.148. The second-order valence-electron chi connectivity index (χ2n) is 2.20. The lowest BCUT2D eigenvalue weighted by Gasteiger charge is -2.03. The van der Waals surface area contributed by atoms with Crippen molar-refractivity contribution >= 4 is 22.6 Å². The van der Waals surface area contributed by atoms with Crippen LogP contribution in [0.3, 0.4) is 0 Å². The zero-order valence-corrected chi connectivity index (χ0v) is 8.57. The molecule has 0 fully saturated rings. The second-order valence-corrected chi connectivity index (χ2v) is 3.36. The minimum absolute atomic E-state index is 0.0640. The Kier molecular flexibility index (Phi) is 2.81. The summed E-state index contributed by atoms with van der Waals surface area (Å²) in [6.07, 6.45) is 1.51. The van der Waals surface area contributed by atoms with Crippen LogP contribution < -0.4 is 5.56 Å². The molecule has 0 aliphatic heterocycles. The minimum Gasteiger partial charge on any atom is -0.282 e. The number of halogens is 1. The number of rotatable bonds is 1. The Hall–Kier alpha value is -0.900. The van der Waals surface area contributed by atoms with Crippen molar-refractivity contribution in [3.63, 3.8) is 0 Å². The molecule has 1 heterocycles. The van der Waals surface area contributed by atoms with Gasteiger partial charge >= 0.3 is 0 Å². The molecule has 1 aromatic heterocycles.